The topological polar surface area (TPSA) is 133 Å². The highest BCUT2D eigenvalue weighted by atomic mass is 16.2. The zero-order chi connectivity index (χ0) is 23.0. The molecule has 2 amide bonds. The van der Waals surface area contributed by atoms with E-state index in [-0.39, 0.29) is 12.5 Å². The number of rotatable bonds is 21. The predicted molar refractivity (Wildman–Crippen MR) is 125 cm³/mol. The fourth-order valence-electron chi connectivity index (χ4n) is 3.10. The van der Waals surface area contributed by atoms with E-state index in [1.807, 2.05) is 0 Å². The van der Waals surface area contributed by atoms with Gasteiger partial charge in [0.1, 0.15) is 0 Å². The number of carbonyl (C=O) groups is 2. The first kappa shape index (κ1) is 29.0. The first-order chi connectivity index (χ1) is 15.2. The van der Waals surface area contributed by atoms with Crippen molar-refractivity contribution in [1.82, 2.24) is 5.32 Å². The van der Waals surface area contributed by atoms with E-state index >= 15 is 0 Å². The van der Waals surface area contributed by atoms with Crippen LogP contribution in [0.2, 0.25) is 0 Å². The summed E-state index contributed by atoms with van der Waals surface area (Å²) in [7, 11) is 0. The fourth-order valence-corrected chi connectivity index (χ4v) is 3.10. The van der Waals surface area contributed by atoms with Crippen molar-refractivity contribution in [2.75, 3.05) is 19.6 Å². The van der Waals surface area contributed by atoms with Gasteiger partial charge in [0.05, 0.1) is 6.54 Å². The molecule has 0 fully saturated rings. The van der Waals surface area contributed by atoms with Crippen LogP contribution in [0.4, 0.5) is 0 Å². The van der Waals surface area contributed by atoms with Gasteiger partial charge in [0.25, 0.3) is 5.91 Å². The van der Waals surface area contributed by atoms with Crippen LogP contribution in [0.25, 0.3) is 0 Å². The molecule has 31 heavy (non-hydrogen) atoms. The third-order valence-electron chi connectivity index (χ3n) is 4.97. The summed E-state index contributed by atoms with van der Waals surface area (Å²) in [6.45, 7) is 2.74. The van der Waals surface area contributed by atoms with Gasteiger partial charge in [0.2, 0.25) is 5.91 Å². The monoisotopic (exact) mass is 436 g/mol. The highest BCUT2D eigenvalue weighted by Crippen LogP contribution is 2.10. The Bertz CT molecular complexity index is 522. The molecular weight excluding hydrogens is 392 g/mol. The van der Waals surface area contributed by atoms with Gasteiger partial charge in [0.15, 0.2) is 6.04 Å². The molecular formula is C23H44N6O2. The van der Waals surface area contributed by atoms with Crippen LogP contribution >= 0.6 is 0 Å². The molecule has 0 rings (SSSR count). The lowest BCUT2D eigenvalue weighted by Gasteiger charge is -2.08. The molecule has 0 aliphatic rings. The minimum absolute atomic E-state index is 0.124. The normalized spacial score (nSPS) is 12.5. The molecule has 8 nitrogen and oxygen atoms in total. The van der Waals surface area contributed by atoms with Crippen molar-refractivity contribution in [3.05, 3.63) is 12.2 Å². The van der Waals surface area contributed by atoms with Gasteiger partial charge < -0.3 is 11.1 Å². The molecule has 0 saturated carbocycles. The first-order valence-electron chi connectivity index (χ1n) is 12.0. The van der Waals surface area contributed by atoms with Gasteiger partial charge >= 0.3 is 0 Å². The largest absolute Gasteiger partial charge is 0.353 e. The van der Waals surface area contributed by atoms with E-state index in [1.165, 1.54) is 57.8 Å². The Kier molecular flexibility index (Phi) is 21.3. The number of hydrogen-bond donors (Lipinski definition) is 3. The molecule has 0 aliphatic carbocycles. The van der Waals surface area contributed by atoms with Crippen molar-refractivity contribution in [2.24, 2.45) is 21.1 Å². The Hall–Kier alpha value is -1.96. The zero-order valence-electron chi connectivity index (χ0n) is 19.5. The van der Waals surface area contributed by atoms with Crippen molar-refractivity contribution in [3.63, 3.8) is 0 Å². The van der Waals surface area contributed by atoms with Crippen LogP contribution in [-0.2, 0) is 9.59 Å². The second kappa shape index (κ2) is 22.7. The Balaban J connectivity index is 3.69. The molecule has 0 bridgehead atoms. The number of amides is 2. The maximum atomic E-state index is 11.8. The van der Waals surface area contributed by atoms with E-state index in [2.05, 4.69) is 39.7 Å². The fraction of sp³-hybridized carbons (Fsp3) is 0.826. The zero-order valence-corrected chi connectivity index (χ0v) is 19.5. The Morgan fingerprint density at radius 3 is 2.10 bits per heavy atom. The molecule has 4 N–H and O–H groups in total. The summed E-state index contributed by atoms with van der Waals surface area (Å²) in [5.41, 5.74) is 12.2. The number of unbranched alkanes of at least 4 members (excludes halogenated alkanes) is 11. The molecule has 8 heteroatoms. The van der Waals surface area contributed by atoms with Crippen LogP contribution in [0, 0.1) is 5.53 Å². The number of allylic oxidation sites excluding steroid dienone is 2. The second-order valence-corrected chi connectivity index (χ2v) is 7.88. The maximum Gasteiger partial charge on any atom is 0.264 e. The summed E-state index contributed by atoms with van der Waals surface area (Å²) in [5, 5.41) is 13.1. The summed E-state index contributed by atoms with van der Waals surface area (Å²) < 4.78 is 0. The molecule has 0 aliphatic heterocycles. The molecule has 0 saturated heterocycles. The molecule has 178 valence electrons. The maximum absolute atomic E-state index is 11.8. The Morgan fingerprint density at radius 1 is 0.935 bits per heavy atom. The average molecular weight is 437 g/mol. The minimum Gasteiger partial charge on any atom is -0.353 e. The smallest absolute Gasteiger partial charge is 0.264 e. The van der Waals surface area contributed by atoms with Gasteiger partial charge in [-0.1, -0.05) is 70.4 Å². The summed E-state index contributed by atoms with van der Waals surface area (Å²) >= 11 is 0. The lowest BCUT2D eigenvalue weighted by atomic mass is 10.1. The number of hydrogen-bond acceptors (Lipinski definition) is 6. The Labute approximate surface area is 188 Å². The first-order valence-corrected chi connectivity index (χ1v) is 12.0. The third-order valence-corrected chi connectivity index (χ3v) is 4.97. The van der Waals surface area contributed by atoms with E-state index in [9.17, 15) is 9.59 Å². The molecule has 0 radical (unpaired) electrons. The van der Waals surface area contributed by atoms with Crippen LogP contribution in [0.1, 0.15) is 96.8 Å². The number of carbonyl (C=O) groups excluding carboxylic acids is 2. The van der Waals surface area contributed by atoms with Gasteiger partial charge in [-0.2, -0.15) is 10.2 Å². The molecule has 0 aromatic heterocycles. The van der Waals surface area contributed by atoms with Crippen molar-refractivity contribution >= 4 is 11.8 Å². The van der Waals surface area contributed by atoms with Crippen LogP contribution < -0.4 is 11.1 Å². The second-order valence-electron chi connectivity index (χ2n) is 7.88. The van der Waals surface area contributed by atoms with Gasteiger partial charge in [-0.25, -0.2) is 5.53 Å². The van der Waals surface area contributed by atoms with Crippen LogP contribution in [0.3, 0.4) is 0 Å². The molecule has 0 aromatic carbocycles. The van der Waals surface area contributed by atoms with Crippen molar-refractivity contribution in [2.45, 2.75) is 103 Å². The highest BCUT2D eigenvalue weighted by molar-refractivity contribution is 5.82. The molecule has 0 heterocycles. The molecule has 1 atom stereocenters. The van der Waals surface area contributed by atoms with Gasteiger partial charge in [0, 0.05) is 19.5 Å². The van der Waals surface area contributed by atoms with Crippen molar-refractivity contribution < 1.29 is 9.59 Å². The van der Waals surface area contributed by atoms with Gasteiger partial charge in [-0.05, 0) is 32.1 Å². The van der Waals surface area contributed by atoms with Gasteiger partial charge in [-0.3, -0.25) is 9.59 Å². The number of nitrogens with two attached hydrogens (primary N) is 1. The minimum atomic E-state index is -0.942. The van der Waals surface area contributed by atoms with E-state index < -0.39 is 11.9 Å². The summed E-state index contributed by atoms with van der Waals surface area (Å²) in [6.07, 6.45) is 20.6. The third kappa shape index (κ3) is 19.7. The van der Waals surface area contributed by atoms with E-state index in [1.54, 1.807) is 0 Å². The van der Waals surface area contributed by atoms with Crippen LogP contribution in [0.5, 0.6) is 0 Å². The van der Waals surface area contributed by atoms with E-state index in [0.29, 0.717) is 19.5 Å². The lowest BCUT2D eigenvalue weighted by Crippen LogP contribution is -2.37. The molecule has 0 aromatic rings. The van der Waals surface area contributed by atoms with Crippen LogP contribution in [0.15, 0.2) is 27.5 Å². The number of nitrogens with zero attached hydrogens (tertiary/aromatic N) is 3. The van der Waals surface area contributed by atoms with E-state index in [0.717, 1.165) is 25.7 Å². The molecule has 0 spiro atoms. The van der Waals surface area contributed by atoms with Crippen molar-refractivity contribution in [1.29, 1.82) is 5.53 Å². The lowest BCUT2D eigenvalue weighted by molar-refractivity contribution is -0.122. The number of nitrogens with one attached hydrogen (secondary N) is 2. The Morgan fingerprint density at radius 2 is 1.52 bits per heavy atom. The predicted octanol–water partition coefficient (Wildman–Crippen LogP) is 5.48. The average Bonchev–Trinajstić information content (AvgIpc) is 2.77. The van der Waals surface area contributed by atoms with Crippen LogP contribution in [-0.4, -0.2) is 37.5 Å². The summed E-state index contributed by atoms with van der Waals surface area (Å²) in [6, 6.07) is -0.942. The van der Waals surface area contributed by atoms with Gasteiger partial charge in [-0.15, -0.1) is 5.11 Å². The standard InChI is InChI=1S/C23H44N6O2/c1-2-3-4-5-6-7-8-9-10-11-12-13-14-15-16-17-22(30)29-28-21(20-27-25)23(31)26-19-18-24/h9-10,21,25H,2-8,11-20,24H2,1H3,(H,26,31)/b10-9-,27-25?,29-28?. The quantitative estimate of drug-likeness (QED) is 0.125. The summed E-state index contributed by atoms with van der Waals surface area (Å²) in [4.78, 5) is 23.7. The highest BCUT2D eigenvalue weighted by Gasteiger charge is 2.17. The number of azo groups is 1. The van der Waals surface area contributed by atoms with E-state index in [4.69, 9.17) is 11.3 Å². The SMILES string of the molecule is CCCCCCCC/C=C\CCCCCCCC(=O)N=NC(CN=N)C(=O)NCCN. The molecule has 1 unspecified atom stereocenters. The van der Waals surface area contributed by atoms with Crippen molar-refractivity contribution in [3.8, 4) is 0 Å². The summed E-state index contributed by atoms with van der Waals surface area (Å²) in [5.74, 6) is -0.752.